The fraction of sp³-hybridized carbons (Fsp3) is 0.571. The van der Waals surface area contributed by atoms with E-state index in [1.807, 2.05) is 18.2 Å². The molecule has 102 valence electrons. The van der Waals surface area contributed by atoms with Gasteiger partial charge in [0.25, 0.3) is 0 Å². The van der Waals surface area contributed by atoms with Crippen LogP contribution in [0, 0.1) is 0 Å². The van der Waals surface area contributed by atoms with Crippen molar-refractivity contribution in [2.24, 2.45) is 0 Å². The maximum Gasteiger partial charge on any atom is 0.142 e. The van der Waals surface area contributed by atoms with Crippen LogP contribution in [0.2, 0.25) is 0 Å². The Kier molecular flexibility index (Phi) is 5.47. The van der Waals surface area contributed by atoms with Gasteiger partial charge in [-0.25, -0.2) is 0 Å². The summed E-state index contributed by atoms with van der Waals surface area (Å²) >= 11 is 3.47. The number of hydrogen-bond acceptors (Lipinski definition) is 3. The summed E-state index contributed by atoms with van der Waals surface area (Å²) in [5.41, 5.74) is 0.859. The first-order chi connectivity index (χ1) is 8.38. The van der Waals surface area contributed by atoms with Gasteiger partial charge in [0.05, 0.1) is 18.4 Å². The molecule has 0 fully saturated rings. The van der Waals surface area contributed by atoms with Gasteiger partial charge < -0.3 is 14.8 Å². The van der Waals surface area contributed by atoms with E-state index in [1.165, 1.54) is 0 Å². The molecule has 1 aromatic rings. The van der Waals surface area contributed by atoms with Crippen molar-refractivity contribution < 1.29 is 9.47 Å². The number of rotatable bonds is 6. The number of ether oxygens (including phenoxy) is 2. The fourth-order valence-corrected chi connectivity index (χ4v) is 2.29. The van der Waals surface area contributed by atoms with Crippen LogP contribution in [0.3, 0.4) is 0 Å². The van der Waals surface area contributed by atoms with Crippen molar-refractivity contribution in [2.45, 2.75) is 38.8 Å². The Bertz CT molecular complexity index is 393. The Morgan fingerprint density at radius 2 is 2.00 bits per heavy atom. The molecule has 0 aliphatic rings. The van der Waals surface area contributed by atoms with Gasteiger partial charge in [0, 0.05) is 17.6 Å². The van der Waals surface area contributed by atoms with E-state index < -0.39 is 0 Å². The average Bonchev–Trinajstić information content (AvgIpc) is 2.28. The smallest absolute Gasteiger partial charge is 0.142 e. The topological polar surface area (TPSA) is 30.5 Å². The Labute approximate surface area is 118 Å². The second kappa shape index (κ2) is 6.43. The zero-order valence-corrected chi connectivity index (χ0v) is 13.3. The van der Waals surface area contributed by atoms with Crippen molar-refractivity contribution in [1.82, 2.24) is 0 Å². The zero-order valence-electron chi connectivity index (χ0n) is 11.7. The van der Waals surface area contributed by atoms with Crippen LogP contribution >= 0.6 is 15.9 Å². The lowest BCUT2D eigenvalue weighted by molar-refractivity contribution is 0.0128. The molecule has 1 aromatic carbocycles. The number of benzene rings is 1. The quantitative estimate of drug-likeness (QED) is 0.858. The summed E-state index contributed by atoms with van der Waals surface area (Å²) in [5.74, 6) is 0.847. The van der Waals surface area contributed by atoms with Crippen LogP contribution in [-0.4, -0.2) is 25.9 Å². The van der Waals surface area contributed by atoms with Crippen molar-refractivity contribution in [2.75, 3.05) is 19.5 Å². The van der Waals surface area contributed by atoms with Crippen molar-refractivity contribution in [3.63, 3.8) is 0 Å². The highest BCUT2D eigenvalue weighted by Crippen LogP contribution is 2.29. The first kappa shape index (κ1) is 15.3. The van der Waals surface area contributed by atoms with Crippen LogP contribution in [0.15, 0.2) is 22.7 Å². The molecule has 1 N–H and O–H groups in total. The number of methoxy groups -OCH3 is 2. The minimum absolute atomic E-state index is 0.133. The van der Waals surface area contributed by atoms with E-state index in [9.17, 15) is 0 Å². The average molecular weight is 316 g/mol. The lowest BCUT2D eigenvalue weighted by atomic mass is 9.99. The number of anilines is 1. The van der Waals surface area contributed by atoms with Crippen LogP contribution in [-0.2, 0) is 4.74 Å². The predicted octanol–water partition coefficient (Wildman–Crippen LogP) is 4.07. The van der Waals surface area contributed by atoms with Crippen LogP contribution in [0.25, 0.3) is 0 Å². The van der Waals surface area contributed by atoms with E-state index in [-0.39, 0.29) is 5.60 Å². The van der Waals surface area contributed by atoms with Crippen molar-refractivity contribution in [3.05, 3.63) is 22.7 Å². The van der Waals surface area contributed by atoms with Crippen molar-refractivity contribution >= 4 is 21.6 Å². The van der Waals surface area contributed by atoms with Gasteiger partial charge in [0.2, 0.25) is 0 Å². The second-order valence-corrected chi connectivity index (χ2v) is 5.97. The zero-order chi connectivity index (χ0) is 13.8. The molecule has 0 aromatic heterocycles. The Morgan fingerprint density at radius 1 is 1.33 bits per heavy atom. The standard InChI is InChI=1S/C14H22BrNO2/c1-10(9-14(2,3)18-5)16-12-8-11(15)6-7-13(12)17-4/h6-8,10,16H,9H2,1-5H3. The van der Waals surface area contributed by atoms with E-state index in [0.717, 1.165) is 22.3 Å². The van der Waals surface area contributed by atoms with E-state index in [4.69, 9.17) is 9.47 Å². The highest BCUT2D eigenvalue weighted by molar-refractivity contribution is 9.10. The molecule has 1 atom stereocenters. The monoisotopic (exact) mass is 315 g/mol. The maximum atomic E-state index is 5.45. The summed E-state index contributed by atoms with van der Waals surface area (Å²) in [6, 6.07) is 6.23. The Balaban J connectivity index is 2.75. The van der Waals surface area contributed by atoms with Crippen LogP contribution in [0.1, 0.15) is 27.2 Å². The van der Waals surface area contributed by atoms with Gasteiger partial charge in [-0.1, -0.05) is 15.9 Å². The van der Waals surface area contributed by atoms with Crippen molar-refractivity contribution in [1.29, 1.82) is 0 Å². The van der Waals surface area contributed by atoms with Gasteiger partial charge in [-0.15, -0.1) is 0 Å². The van der Waals surface area contributed by atoms with E-state index >= 15 is 0 Å². The third kappa shape index (κ3) is 4.50. The van der Waals surface area contributed by atoms with Gasteiger partial charge >= 0.3 is 0 Å². The van der Waals surface area contributed by atoms with Crippen LogP contribution in [0.4, 0.5) is 5.69 Å². The van der Waals surface area contributed by atoms with E-state index in [2.05, 4.69) is 42.0 Å². The van der Waals surface area contributed by atoms with Gasteiger partial charge in [-0.2, -0.15) is 0 Å². The summed E-state index contributed by atoms with van der Waals surface area (Å²) < 4.78 is 11.8. The van der Waals surface area contributed by atoms with E-state index in [1.54, 1.807) is 14.2 Å². The summed E-state index contributed by atoms with van der Waals surface area (Å²) in [5, 5.41) is 3.46. The molecule has 0 bridgehead atoms. The molecule has 1 unspecified atom stereocenters. The lowest BCUT2D eigenvalue weighted by Gasteiger charge is -2.28. The molecule has 0 radical (unpaired) electrons. The summed E-state index contributed by atoms with van der Waals surface area (Å²) in [7, 11) is 3.42. The molecule has 1 rings (SSSR count). The molecule has 0 heterocycles. The molecule has 0 spiro atoms. The molecular weight excluding hydrogens is 294 g/mol. The minimum atomic E-state index is -0.133. The van der Waals surface area contributed by atoms with Gasteiger partial charge in [0.15, 0.2) is 0 Å². The Hall–Kier alpha value is -0.740. The Morgan fingerprint density at radius 3 is 2.56 bits per heavy atom. The maximum absolute atomic E-state index is 5.45. The molecule has 3 nitrogen and oxygen atoms in total. The largest absolute Gasteiger partial charge is 0.495 e. The minimum Gasteiger partial charge on any atom is -0.495 e. The highest BCUT2D eigenvalue weighted by atomic mass is 79.9. The van der Waals surface area contributed by atoms with Crippen molar-refractivity contribution in [3.8, 4) is 5.75 Å². The SMILES string of the molecule is COc1ccc(Br)cc1NC(C)CC(C)(C)OC. The number of halogens is 1. The number of nitrogens with one attached hydrogen (secondary N) is 1. The lowest BCUT2D eigenvalue weighted by Crippen LogP contribution is -2.31. The molecule has 0 saturated heterocycles. The van der Waals surface area contributed by atoms with Gasteiger partial charge in [-0.05, 0) is 45.4 Å². The third-order valence-corrected chi connectivity index (χ3v) is 3.41. The normalized spacial score (nSPS) is 13.2. The van der Waals surface area contributed by atoms with Gasteiger partial charge in [-0.3, -0.25) is 0 Å². The third-order valence-electron chi connectivity index (χ3n) is 2.91. The first-order valence-electron chi connectivity index (χ1n) is 6.03. The molecule has 4 heteroatoms. The molecular formula is C14H22BrNO2. The second-order valence-electron chi connectivity index (χ2n) is 5.06. The van der Waals surface area contributed by atoms with Crippen LogP contribution < -0.4 is 10.1 Å². The molecule has 0 amide bonds. The molecule has 0 saturated carbocycles. The highest BCUT2D eigenvalue weighted by Gasteiger charge is 2.20. The number of hydrogen-bond donors (Lipinski definition) is 1. The summed E-state index contributed by atoms with van der Waals surface area (Å²) in [6.07, 6.45) is 0.916. The molecule has 0 aliphatic carbocycles. The van der Waals surface area contributed by atoms with Gasteiger partial charge in [0.1, 0.15) is 5.75 Å². The fourth-order valence-electron chi connectivity index (χ4n) is 1.93. The predicted molar refractivity (Wildman–Crippen MR) is 79.5 cm³/mol. The molecule has 18 heavy (non-hydrogen) atoms. The molecule has 0 aliphatic heterocycles. The first-order valence-corrected chi connectivity index (χ1v) is 6.82. The summed E-state index contributed by atoms with van der Waals surface area (Å²) in [6.45, 7) is 6.31. The summed E-state index contributed by atoms with van der Waals surface area (Å²) in [4.78, 5) is 0. The van der Waals surface area contributed by atoms with E-state index in [0.29, 0.717) is 6.04 Å². The van der Waals surface area contributed by atoms with Crippen LogP contribution in [0.5, 0.6) is 5.75 Å².